The molecule has 1 aromatic rings. The van der Waals surface area contributed by atoms with Crippen LogP contribution < -0.4 is 0 Å². The molecular weight excluding hydrogens is 236 g/mol. The smallest absolute Gasteiger partial charge is 0.334 e. The van der Waals surface area contributed by atoms with E-state index >= 15 is 0 Å². The first-order valence-corrected chi connectivity index (χ1v) is 7.29. The Bertz CT molecular complexity index is 469. The maximum absolute atomic E-state index is 11.9. The molecule has 100 valence electrons. The summed E-state index contributed by atoms with van der Waals surface area (Å²) in [6.07, 6.45) is 9.25. The largest absolute Gasteiger partial charge is 0.458 e. The molecule has 1 unspecified atom stereocenters. The van der Waals surface area contributed by atoms with E-state index in [4.69, 9.17) is 4.74 Å². The summed E-state index contributed by atoms with van der Waals surface area (Å²) in [6, 6.07) is 10.0. The van der Waals surface area contributed by atoms with Crippen LogP contribution in [0.3, 0.4) is 0 Å². The van der Waals surface area contributed by atoms with Crippen LogP contribution in [0.1, 0.15) is 44.1 Å². The Morgan fingerprint density at radius 2 is 1.79 bits per heavy atom. The summed E-state index contributed by atoms with van der Waals surface area (Å²) < 4.78 is 5.58. The zero-order valence-corrected chi connectivity index (χ0v) is 11.2. The van der Waals surface area contributed by atoms with Crippen molar-refractivity contribution in [1.82, 2.24) is 0 Å². The minimum absolute atomic E-state index is 0.112. The van der Waals surface area contributed by atoms with Crippen LogP contribution in [0.2, 0.25) is 0 Å². The van der Waals surface area contributed by atoms with Crippen molar-refractivity contribution >= 4 is 12.0 Å². The average Bonchev–Trinajstić information content (AvgIpc) is 2.82. The molecule has 1 aliphatic carbocycles. The number of esters is 1. The van der Waals surface area contributed by atoms with Gasteiger partial charge in [0, 0.05) is 12.0 Å². The van der Waals surface area contributed by atoms with Crippen molar-refractivity contribution in [2.75, 3.05) is 0 Å². The molecule has 0 aromatic heterocycles. The Kier molecular flexibility index (Phi) is 3.67. The second kappa shape index (κ2) is 5.60. The lowest BCUT2D eigenvalue weighted by atomic mass is 9.84. The molecule has 1 saturated carbocycles. The van der Waals surface area contributed by atoms with Gasteiger partial charge in [-0.25, -0.2) is 4.79 Å². The summed E-state index contributed by atoms with van der Waals surface area (Å²) in [5.41, 5.74) is 1.92. The molecule has 1 aromatic carbocycles. The van der Waals surface area contributed by atoms with Crippen LogP contribution >= 0.6 is 0 Å². The highest BCUT2D eigenvalue weighted by atomic mass is 16.5. The molecule has 2 fully saturated rings. The van der Waals surface area contributed by atoms with E-state index in [0.29, 0.717) is 5.92 Å². The number of carbonyl (C=O) groups is 1. The summed E-state index contributed by atoms with van der Waals surface area (Å²) in [4.78, 5) is 11.9. The monoisotopic (exact) mass is 256 g/mol. The van der Waals surface area contributed by atoms with Crippen molar-refractivity contribution in [2.24, 2.45) is 5.92 Å². The summed E-state index contributed by atoms with van der Waals surface area (Å²) in [5, 5.41) is 0. The standard InChI is InChI=1S/C17H20O2/c18-17-15(11-13-7-3-1-4-8-13)12-16(19-17)14-9-5-2-6-10-14/h1,3-4,7-8,11,14,16H,2,5-6,9-10,12H2/b15-11-. The van der Waals surface area contributed by atoms with Gasteiger partial charge in [0.15, 0.2) is 0 Å². The Hall–Kier alpha value is -1.57. The molecule has 1 heterocycles. The van der Waals surface area contributed by atoms with Crippen LogP contribution in [-0.2, 0) is 9.53 Å². The SMILES string of the molecule is O=C1OC(C2CCCCC2)C/C1=C/c1ccccc1. The first-order chi connectivity index (χ1) is 9.33. The fraction of sp³-hybridized carbons (Fsp3) is 0.471. The van der Waals surface area contributed by atoms with E-state index in [1.54, 1.807) is 0 Å². The fourth-order valence-corrected chi connectivity index (χ4v) is 3.19. The Morgan fingerprint density at radius 1 is 1.05 bits per heavy atom. The lowest BCUT2D eigenvalue weighted by Gasteiger charge is -2.25. The Morgan fingerprint density at radius 3 is 2.53 bits per heavy atom. The number of cyclic esters (lactones) is 1. The molecule has 2 heteroatoms. The highest BCUT2D eigenvalue weighted by molar-refractivity contribution is 5.95. The van der Waals surface area contributed by atoms with Crippen molar-refractivity contribution in [3.05, 3.63) is 41.5 Å². The van der Waals surface area contributed by atoms with E-state index in [2.05, 4.69) is 0 Å². The third-order valence-electron chi connectivity index (χ3n) is 4.26. The molecule has 1 saturated heterocycles. The van der Waals surface area contributed by atoms with Crippen molar-refractivity contribution in [1.29, 1.82) is 0 Å². The molecule has 0 amide bonds. The number of carbonyl (C=O) groups excluding carboxylic acids is 1. The summed E-state index contributed by atoms with van der Waals surface area (Å²) >= 11 is 0. The van der Waals surface area contributed by atoms with E-state index < -0.39 is 0 Å². The van der Waals surface area contributed by atoms with Crippen molar-refractivity contribution in [3.8, 4) is 0 Å². The van der Waals surface area contributed by atoms with Crippen LogP contribution in [0.4, 0.5) is 0 Å². The van der Waals surface area contributed by atoms with E-state index in [-0.39, 0.29) is 12.1 Å². The first-order valence-electron chi connectivity index (χ1n) is 7.29. The molecular formula is C17H20O2. The lowest BCUT2D eigenvalue weighted by molar-refractivity contribution is -0.141. The molecule has 19 heavy (non-hydrogen) atoms. The Labute approximate surface area is 114 Å². The van der Waals surface area contributed by atoms with Crippen LogP contribution in [0.5, 0.6) is 0 Å². The highest BCUT2D eigenvalue weighted by Crippen LogP contribution is 2.35. The summed E-state index contributed by atoms with van der Waals surface area (Å²) in [6.45, 7) is 0. The van der Waals surface area contributed by atoms with Gasteiger partial charge in [-0.15, -0.1) is 0 Å². The third-order valence-corrected chi connectivity index (χ3v) is 4.26. The van der Waals surface area contributed by atoms with Gasteiger partial charge in [-0.05, 0) is 30.4 Å². The predicted octanol–water partition coefficient (Wildman–Crippen LogP) is 3.97. The summed E-state index contributed by atoms with van der Waals surface area (Å²) in [5.74, 6) is 0.471. The van der Waals surface area contributed by atoms with Crippen molar-refractivity contribution in [3.63, 3.8) is 0 Å². The van der Waals surface area contributed by atoms with E-state index in [9.17, 15) is 4.79 Å². The normalized spacial score (nSPS) is 26.6. The topological polar surface area (TPSA) is 26.3 Å². The zero-order chi connectivity index (χ0) is 13.1. The van der Waals surface area contributed by atoms with Gasteiger partial charge in [-0.3, -0.25) is 0 Å². The molecule has 1 atom stereocenters. The number of ether oxygens (including phenoxy) is 1. The fourth-order valence-electron chi connectivity index (χ4n) is 3.19. The van der Waals surface area contributed by atoms with Gasteiger partial charge in [0.05, 0.1) is 0 Å². The van der Waals surface area contributed by atoms with Gasteiger partial charge in [-0.1, -0.05) is 49.6 Å². The molecule has 0 bridgehead atoms. The first kappa shape index (κ1) is 12.5. The van der Waals surface area contributed by atoms with Gasteiger partial charge < -0.3 is 4.74 Å². The minimum atomic E-state index is -0.112. The number of rotatable bonds is 2. The maximum Gasteiger partial charge on any atom is 0.334 e. The molecule has 3 rings (SSSR count). The molecule has 0 spiro atoms. The predicted molar refractivity (Wildman–Crippen MR) is 75.5 cm³/mol. The van der Waals surface area contributed by atoms with E-state index in [1.165, 1.54) is 32.1 Å². The number of hydrogen-bond donors (Lipinski definition) is 0. The van der Waals surface area contributed by atoms with Gasteiger partial charge in [0.1, 0.15) is 6.10 Å². The Balaban J connectivity index is 1.71. The van der Waals surface area contributed by atoms with Gasteiger partial charge in [0.2, 0.25) is 0 Å². The average molecular weight is 256 g/mol. The third kappa shape index (κ3) is 2.89. The van der Waals surface area contributed by atoms with Crippen molar-refractivity contribution in [2.45, 2.75) is 44.6 Å². The highest BCUT2D eigenvalue weighted by Gasteiger charge is 2.35. The zero-order valence-electron chi connectivity index (χ0n) is 11.2. The van der Waals surface area contributed by atoms with E-state index in [0.717, 1.165) is 17.6 Å². The quantitative estimate of drug-likeness (QED) is 0.591. The molecule has 0 N–H and O–H groups in total. The van der Waals surface area contributed by atoms with E-state index in [1.807, 2.05) is 36.4 Å². The second-order valence-corrected chi connectivity index (χ2v) is 5.63. The lowest BCUT2D eigenvalue weighted by Crippen LogP contribution is -2.22. The molecule has 2 aliphatic rings. The minimum Gasteiger partial charge on any atom is -0.458 e. The second-order valence-electron chi connectivity index (χ2n) is 5.63. The van der Waals surface area contributed by atoms with Crippen LogP contribution in [0, 0.1) is 5.92 Å². The number of benzene rings is 1. The van der Waals surface area contributed by atoms with Gasteiger partial charge in [-0.2, -0.15) is 0 Å². The maximum atomic E-state index is 11.9. The van der Waals surface area contributed by atoms with Gasteiger partial charge >= 0.3 is 5.97 Å². The van der Waals surface area contributed by atoms with Crippen LogP contribution in [-0.4, -0.2) is 12.1 Å². The van der Waals surface area contributed by atoms with Crippen molar-refractivity contribution < 1.29 is 9.53 Å². The van der Waals surface area contributed by atoms with Crippen LogP contribution in [0.25, 0.3) is 6.08 Å². The summed E-state index contributed by atoms with van der Waals surface area (Å²) in [7, 11) is 0. The molecule has 2 nitrogen and oxygen atoms in total. The molecule has 1 aliphatic heterocycles. The van der Waals surface area contributed by atoms with Gasteiger partial charge in [0.25, 0.3) is 0 Å². The molecule has 0 radical (unpaired) electrons. The number of hydrogen-bond acceptors (Lipinski definition) is 2. The van der Waals surface area contributed by atoms with Crippen LogP contribution in [0.15, 0.2) is 35.9 Å².